The van der Waals surface area contributed by atoms with Crippen LogP contribution in [0.1, 0.15) is 0 Å². The summed E-state index contributed by atoms with van der Waals surface area (Å²) >= 11 is 7.32. The van der Waals surface area contributed by atoms with E-state index < -0.39 is 0 Å². The number of nitrogens with zero attached hydrogens (tertiary/aromatic N) is 1. The number of rotatable bonds is 1. The van der Waals surface area contributed by atoms with E-state index in [0.29, 0.717) is 13.2 Å². The lowest BCUT2D eigenvalue weighted by Crippen LogP contribution is -2.23. The Morgan fingerprint density at radius 3 is 1.95 bits per heavy atom. The topological polar surface area (TPSA) is 21.7 Å². The van der Waals surface area contributed by atoms with Gasteiger partial charge in [0, 0.05) is 21.7 Å². The van der Waals surface area contributed by atoms with Crippen LogP contribution in [0.5, 0.6) is 0 Å². The molecule has 3 nitrogen and oxygen atoms in total. The van der Waals surface area contributed by atoms with Crippen molar-refractivity contribution in [1.29, 1.82) is 0 Å². The minimum absolute atomic E-state index is 0.710. The molecule has 0 saturated carbocycles. The van der Waals surface area contributed by atoms with Gasteiger partial charge in [0.25, 0.3) is 0 Å². The number of hydrogen-bond acceptors (Lipinski definition) is 5. The summed E-state index contributed by atoms with van der Waals surface area (Å²) in [5.74, 6) is 4.05. The molecule has 1 aromatic rings. The van der Waals surface area contributed by atoms with Gasteiger partial charge < -0.3 is 14.4 Å². The van der Waals surface area contributed by atoms with Crippen molar-refractivity contribution in [2.45, 2.75) is 0 Å². The van der Waals surface area contributed by atoms with E-state index in [0.717, 1.165) is 40.9 Å². The Labute approximate surface area is 137 Å². The van der Waals surface area contributed by atoms with E-state index in [9.17, 15) is 0 Å². The van der Waals surface area contributed by atoms with Crippen LogP contribution in [0, 0.1) is 0 Å². The van der Waals surface area contributed by atoms with E-state index in [2.05, 4.69) is 45.1 Å². The van der Waals surface area contributed by atoms with Crippen molar-refractivity contribution < 1.29 is 9.47 Å². The maximum Gasteiger partial charge on any atom is 0.0700 e. The molecular weight excluding hydrogens is 358 g/mol. The zero-order valence-corrected chi connectivity index (χ0v) is 14.6. The molecule has 0 spiro atoms. The van der Waals surface area contributed by atoms with Crippen LogP contribution in [-0.2, 0) is 9.47 Å². The van der Waals surface area contributed by atoms with E-state index in [1.807, 2.05) is 23.5 Å². The van der Waals surface area contributed by atoms with Crippen LogP contribution >= 0.6 is 39.5 Å². The Morgan fingerprint density at radius 2 is 1.40 bits per heavy atom. The molecule has 1 heterocycles. The molecule has 0 unspecified atom stereocenters. The second kappa shape index (κ2) is 9.95. The standard InChI is InChI=1S/C14H20BrNO2S2/c15-13-1-3-14(4-2-13)16-11-19-9-7-17-5-6-18-8-10-20-12-16/h1-4H,5-12H2. The van der Waals surface area contributed by atoms with Gasteiger partial charge in [0.05, 0.1) is 38.2 Å². The number of halogens is 1. The van der Waals surface area contributed by atoms with Gasteiger partial charge in [-0.05, 0) is 24.3 Å². The Hall–Kier alpha value is 0.120. The first-order valence-corrected chi connectivity index (χ1v) is 9.78. The Kier molecular flexibility index (Phi) is 8.20. The molecule has 0 atom stereocenters. The highest BCUT2D eigenvalue weighted by Gasteiger charge is 2.07. The summed E-state index contributed by atoms with van der Waals surface area (Å²) in [5.41, 5.74) is 1.27. The van der Waals surface area contributed by atoms with Crippen molar-refractivity contribution in [1.82, 2.24) is 0 Å². The number of thioether (sulfide) groups is 2. The molecule has 1 aliphatic heterocycles. The zero-order chi connectivity index (χ0) is 14.0. The molecule has 1 aliphatic rings. The second-order valence-electron chi connectivity index (χ2n) is 4.32. The quantitative estimate of drug-likeness (QED) is 0.741. The minimum Gasteiger partial charge on any atom is -0.378 e. The average Bonchev–Trinajstić information content (AvgIpc) is 2.49. The highest BCUT2D eigenvalue weighted by atomic mass is 79.9. The highest BCUT2D eigenvalue weighted by molar-refractivity contribution is 9.10. The molecule has 112 valence electrons. The van der Waals surface area contributed by atoms with E-state index in [1.165, 1.54) is 5.69 Å². The van der Waals surface area contributed by atoms with Gasteiger partial charge in [-0.2, -0.15) is 0 Å². The molecule has 20 heavy (non-hydrogen) atoms. The maximum atomic E-state index is 5.53. The largest absolute Gasteiger partial charge is 0.378 e. The SMILES string of the molecule is Brc1ccc(N2CSCCOCCOCCSC2)cc1. The molecule has 0 aliphatic carbocycles. The summed E-state index contributed by atoms with van der Waals surface area (Å²) in [6.07, 6.45) is 0. The van der Waals surface area contributed by atoms with Gasteiger partial charge in [0.1, 0.15) is 0 Å². The van der Waals surface area contributed by atoms with Crippen LogP contribution in [0.15, 0.2) is 28.7 Å². The van der Waals surface area contributed by atoms with Gasteiger partial charge in [-0.3, -0.25) is 0 Å². The minimum atomic E-state index is 0.710. The number of anilines is 1. The monoisotopic (exact) mass is 377 g/mol. The van der Waals surface area contributed by atoms with Crippen LogP contribution in [0.2, 0.25) is 0 Å². The van der Waals surface area contributed by atoms with Crippen LogP contribution in [-0.4, -0.2) is 49.7 Å². The molecule has 1 saturated heterocycles. The van der Waals surface area contributed by atoms with Gasteiger partial charge >= 0.3 is 0 Å². The van der Waals surface area contributed by atoms with E-state index in [4.69, 9.17) is 9.47 Å². The lowest BCUT2D eigenvalue weighted by Gasteiger charge is -2.24. The van der Waals surface area contributed by atoms with Gasteiger partial charge in [-0.25, -0.2) is 0 Å². The van der Waals surface area contributed by atoms with Gasteiger partial charge in [-0.1, -0.05) is 15.9 Å². The molecule has 6 heteroatoms. The summed E-state index contributed by atoms with van der Waals surface area (Å²) < 4.78 is 12.2. The molecule has 0 bridgehead atoms. The molecule has 1 aromatic carbocycles. The van der Waals surface area contributed by atoms with Crippen molar-refractivity contribution in [2.24, 2.45) is 0 Å². The van der Waals surface area contributed by atoms with Gasteiger partial charge in [0.15, 0.2) is 0 Å². The van der Waals surface area contributed by atoms with Crippen LogP contribution < -0.4 is 4.90 Å². The second-order valence-corrected chi connectivity index (χ2v) is 7.38. The first-order chi connectivity index (χ1) is 9.86. The molecule has 0 amide bonds. The van der Waals surface area contributed by atoms with Crippen LogP contribution in [0.25, 0.3) is 0 Å². The normalized spacial score (nSPS) is 19.8. The first-order valence-electron chi connectivity index (χ1n) is 6.68. The number of hydrogen-bond donors (Lipinski definition) is 0. The Bertz CT molecular complexity index is 364. The summed E-state index contributed by atoms with van der Waals surface area (Å²) in [6, 6.07) is 8.52. The average molecular weight is 378 g/mol. The Balaban J connectivity index is 1.90. The fraction of sp³-hybridized carbons (Fsp3) is 0.571. The molecule has 0 aromatic heterocycles. The summed E-state index contributed by atoms with van der Waals surface area (Å²) in [6.45, 7) is 3.02. The zero-order valence-electron chi connectivity index (χ0n) is 11.4. The molecule has 2 rings (SSSR count). The highest BCUT2D eigenvalue weighted by Crippen LogP contribution is 2.22. The van der Waals surface area contributed by atoms with Crippen molar-refractivity contribution in [3.8, 4) is 0 Å². The van der Waals surface area contributed by atoms with E-state index >= 15 is 0 Å². The van der Waals surface area contributed by atoms with Gasteiger partial charge in [0.2, 0.25) is 0 Å². The number of benzene rings is 1. The predicted octanol–water partition coefficient (Wildman–Crippen LogP) is 3.68. The predicted molar refractivity (Wildman–Crippen MR) is 92.9 cm³/mol. The maximum absolute atomic E-state index is 5.53. The first kappa shape index (κ1) is 16.5. The van der Waals surface area contributed by atoms with E-state index in [-0.39, 0.29) is 0 Å². The van der Waals surface area contributed by atoms with Crippen molar-refractivity contribution in [3.63, 3.8) is 0 Å². The van der Waals surface area contributed by atoms with E-state index in [1.54, 1.807) is 0 Å². The van der Waals surface area contributed by atoms with Crippen LogP contribution in [0.4, 0.5) is 5.69 Å². The molecule has 0 radical (unpaired) electrons. The lowest BCUT2D eigenvalue weighted by atomic mass is 10.3. The summed E-state index contributed by atoms with van der Waals surface area (Å²) in [4.78, 5) is 2.40. The van der Waals surface area contributed by atoms with Crippen molar-refractivity contribution in [2.75, 3.05) is 54.6 Å². The third-order valence-corrected chi connectivity index (χ3v) is 5.23. The molecule has 1 fully saturated rings. The fourth-order valence-electron chi connectivity index (χ4n) is 1.75. The summed E-state index contributed by atoms with van der Waals surface area (Å²) in [7, 11) is 0. The lowest BCUT2D eigenvalue weighted by molar-refractivity contribution is 0.0605. The van der Waals surface area contributed by atoms with Gasteiger partial charge in [-0.15, -0.1) is 23.5 Å². The van der Waals surface area contributed by atoms with Crippen LogP contribution in [0.3, 0.4) is 0 Å². The fourth-order valence-corrected chi connectivity index (χ4v) is 3.78. The third-order valence-electron chi connectivity index (χ3n) is 2.80. The number of ether oxygens (including phenoxy) is 2. The van der Waals surface area contributed by atoms with Crippen molar-refractivity contribution >= 4 is 45.1 Å². The third kappa shape index (κ3) is 6.26. The Morgan fingerprint density at radius 1 is 0.850 bits per heavy atom. The van der Waals surface area contributed by atoms with Crippen molar-refractivity contribution in [3.05, 3.63) is 28.7 Å². The summed E-state index contributed by atoms with van der Waals surface area (Å²) in [5, 5.41) is 0. The molecule has 0 N–H and O–H groups in total. The smallest absolute Gasteiger partial charge is 0.0700 e. The molecular formula is C14H20BrNO2S2.